The minimum absolute atomic E-state index is 0.112. The number of unbranched alkanes of at least 4 members (excludes halogenated alkanes) is 2. The monoisotopic (exact) mass is 656 g/mol. The van der Waals surface area contributed by atoms with E-state index in [1.54, 1.807) is 30.3 Å². The van der Waals surface area contributed by atoms with E-state index < -0.39 is 54.6 Å². The summed E-state index contributed by atoms with van der Waals surface area (Å²) in [5.74, 6) is -4.85. The Bertz CT molecular complexity index is 1330. The smallest absolute Gasteiger partial charge is 0.306 e. The van der Waals surface area contributed by atoms with Crippen LogP contribution in [-0.4, -0.2) is 102 Å². The van der Waals surface area contributed by atoms with E-state index >= 15 is 0 Å². The van der Waals surface area contributed by atoms with Gasteiger partial charge in [0.15, 0.2) is 0 Å². The topological polar surface area (TPSA) is 229 Å². The molecule has 6 N–H and O–H groups in total. The molecular formula is C31H40N6O10. The van der Waals surface area contributed by atoms with Crippen LogP contribution in [0.25, 0.3) is 0 Å². The number of amides is 7. The molecule has 1 atom stereocenters. The lowest BCUT2D eigenvalue weighted by Gasteiger charge is -2.31. The van der Waals surface area contributed by atoms with Gasteiger partial charge in [-0.2, -0.15) is 0 Å². The number of aliphatic carboxylic acids is 1. The maximum absolute atomic E-state index is 12.9. The molecule has 1 aliphatic heterocycles. The van der Waals surface area contributed by atoms with Crippen molar-refractivity contribution in [3.63, 3.8) is 0 Å². The summed E-state index contributed by atoms with van der Waals surface area (Å²) in [7, 11) is 0. The third kappa shape index (κ3) is 13.0. The van der Waals surface area contributed by atoms with Gasteiger partial charge in [-0.25, -0.2) is 0 Å². The second kappa shape index (κ2) is 18.8. The SMILES string of the molecule is O=C(CCCCCN1C(=O)C=CC1=O)NCC(=O)NCC(=O)N[C@@H](Cc1ccccc1)C(=O)NCC(=O)NCOC1CC(C(=O)O)C1. The van der Waals surface area contributed by atoms with Crippen LogP contribution in [0.3, 0.4) is 0 Å². The highest BCUT2D eigenvalue weighted by atomic mass is 16.5. The highest BCUT2D eigenvalue weighted by Crippen LogP contribution is 2.29. The van der Waals surface area contributed by atoms with Crippen molar-refractivity contribution >= 4 is 47.3 Å². The molecule has 2 aliphatic rings. The van der Waals surface area contributed by atoms with Gasteiger partial charge < -0.3 is 36.4 Å². The Morgan fingerprint density at radius 1 is 0.787 bits per heavy atom. The molecule has 47 heavy (non-hydrogen) atoms. The second-order valence-corrected chi connectivity index (χ2v) is 11.1. The lowest BCUT2D eigenvalue weighted by atomic mass is 9.82. The Kier molecular flexibility index (Phi) is 14.5. The molecular weight excluding hydrogens is 616 g/mol. The number of hydrogen-bond donors (Lipinski definition) is 6. The van der Waals surface area contributed by atoms with E-state index in [9.17, 15) is 38.4 Å². The third-order valence-electron chi connectivity index (χ3n) is 7.47. The van der Waals surface area contributed by atoms with Crippen LogP contribution in [0.15, 0.2) is 42.5 Å². The molecule has 7 amide bonds. The molecule has 1 fully saturated rings. The number of imide groups is 1. The molecule has 16 heteroatoms. The van der Waals surface area contributed by atoms with E-state index in [0.29, 0.717) is 32.1 Å². The molecule has 0 unspecified atom stereocenters. The number of carbonyl (C=O) groups is 8. The molecule has 1 saturated carbocycles. The number of carboxylic acids is 1. The number of hydrogen-bond acceptors (Lipinski definition) is 9. The van der Waals surface area contributed by atoms with Crippen LogP contribution in [0, 0.1) is 5.92 Å². The first-order valence-corrected chi connectivity index (χ1v) is 15.3. The number of rotatable bonds is 20. The fraction of sp³-hybridized carbons (Fsp3) is 0.484. The summed E-state index contributed by atoms with van der Waals surface area (Å²) in [5, 5.41) is 21.2. The van der Waals surface area contributed by atoms with E-state index in [0.717, 1.165) is 10.5 Å². The van der Waals surface area contributed by atoms with Crippen molar-refractivity contribution in [2.75, 3.05) is 32.9 Å². The molecule has 0 spiro atoms. The normalized spacial score (nSPS) is 17.3. The van der Waals surface area contributed by atoms with Crippen LogP contribution in [0.5, 0.6) is 0 Å². The molecule has 0 saturated heterocycles. The number of ether oxygens (including phenoxy) is 1. The fourth-order valence-corrected chi connectivity index (χ4v) is 4.69. The number of benzene rings is 1. The first kappa shape index (κ1) is 36.3. The Balaban J connectivity index is 1.32. The van der Waals surface area contributed by atoms with Gasteiger partial charge in [0, 0.05) is 31.5 Å². The largest absolute Gasteiger partial charge is 0.481 e. The summed E-state index contributed by atoms with van der Waals surface area (Å²) < 4.78 is 5.39. The van der Waals surface area contributed by atoms with Gasteiger partial charge in [0.2, 0.25) is 29.5 Å². The Labute approximate surface area is 271 Å². The van der Waals surface area contributed by atoms with Crippen molar-refractivity contribution in [2.45, 2.75) is 57.1 Å². The minimum atomic E-state index is -1.06. The lowest BCUT2D eigenvalue weighted by molar-refractivity contribution is -0.152. The molecule has 1 aliphatic carbocycles. The summed E-state index contributed by atoms with van der Waals surface area (Å²) in [6.45, 7) is -1.08. The van der Waals surface area contributed by atoms with E-state index in [4.69, 9.17) is 9.84 Å². The van der Waals surface area contributed by atoms with Gasteiger partial charge in [-0.3, -0.25) is 43.3 Å². The number of nitrogens with one attached hydrogen (secondary N) is 5. The average Bonchev–Trinajstić information content (AvgIpc) is 3.34. The van der Waals surface area contributed by atoms with Crippen LogP contribution < -0.4 is 26.6 Å². The van der Waals surface area contributed by atoms with Crippen LogP contribution in [0.4, 0.5) is 0 Å². The maximum Gasteiger partial charge on any atom is 0.306 e. The zero-order valence-corrected chi connectivity index (χ0v) is 25.8. The fourth-order valence-electron chi connectivity index (χ4n) is 4.69. The summed E-state index contributed by atoms with van der Waals surface area (Å²) in [4.78, 5) is 96.9. The van der Waals surface area contributed by atoms with E-state index in [1.165, 1.54) is 12.2 Å². The number of carbonyl (C=O) groups excluding carboxylic acids is 7. The Morgan fingerprint density at radius 3 is 2.09 bits per heavy atom. The predicted molar refractivity (Wildman–Crippen MR) is 164 cm³/mol. The molecule has 1 heterocycles. The molecule has 1 aromatic rings. The number of nitrogens with zero attached hydrogens (tertiary/aromatic N) is 1. The Hall–Kier alpha value is -5.12. The van der Waals surface area contributed by atoms with Crippen LogP contribution in [0.2, 0.25) is 0 Å². The number of carboxylic acid groups (broad SMARTS) is 1. The van der Waals surface area contributed by atoms with E-state index in [-0.39, 0.29) is 56.5 Å². The summed E-state index contributed by atoms with van der Waals surface area (Å²) >= 11 is 0. The first-order chi connectivity index (χ1) is 22.5. The van der Waals surface area contributed by atoms with Gasteiger partial charge in [0.1, 0.15) is 12.8 Å². The van der Waals surface area contributed by atoms with Gasteiger partial charge in [0.05, 0.1) is 31.7 Å². The van der Waals surface area contributed by atoms with Crippen LogP contribution in [0.1, 0.15) is 44.1 Å². The van der Waals surface area contributed by atoms with Crippen LogP contribution in [-0.2, 0) is 49.5 Å². The highest BCUT2D eigenvalue weighted by molar-refractivity contribution is 6.12. The van der Waals surface area contributed by atoms with E-state index in [2.05, 4.69) is 26.6 Å². The third-order valence-corrected chi connectivity index (χ3v) is 7.47. The lowest BCUT2D eigenvalue weighted by Crippen LogP contribution is -2.52. The summed E-state index contributed by atoms with van der Waals surface area (Å²) in [6, 6.07) is 7.80. The zero-order chi connectivity index (χ0) is 34.2. The molecule has 0 bridgehead atoms. The molecule has 0 aromatic heterocycles. The summed E-state index contributed by atoms with van der Waals surface area (Å²) in [5.41, 5.74) is 0.743. The van der Waals surface area contributed by atoms with Gasteiger partial charge in [-0.1, -0.05) is 36.8 Å². The molecule has 0 radical (unpaired) electrons. The zero-order valence-electron chi connectivity index (χ0n) is 25.8. The molecule has 1 aromatic carbocycles. The quantitative estimate of drug-likeness (QED) is 0.0541. The minimum Gasteiger partial charge on any atom is -0.481 e. The van der Waals surface area contributed by atoms with Crippen molar-refractivity contribution in [1.29, 1.82) is 0 Å². The van der Waals surface area contributed by atoms with Gasteiger partial charge in [-0.15, -0.1) is 0 Å². The van der Waals surface area contributed by atoms with Gasteiger partial charge in [-0.05, 0) is 31.2 Å². The van der Waals surface area contributed by atoms with Crippen molar-refractivity contribution < 1.29 is 48.2 Å². The summed E-state index contributed by atoms with van der Waals surface area (Å²) in [6.07, 6.45) is 4.81. The van der Waals surface area contributed by atoms with Crippen LogP contribution >= 0.6 is 0 Å². The average molecular weight is 657 g/mol. The molecule has 16 nitrogen and oxygen atoms in total. The van der Waals surface area contributed by atoms with Gasteiger partial charge in [0.25, 0.3) is 11.8 Å². The standard InChI is InChI=1S/C31H40N6O10/c38-24(9-5-2-6-12-37-28(42)10-11-29(37)43)32-16-25(39)33-18-27(41)36-23(13-20-7-3-1-4-8-20)30(44)34-17-26(40)35-19-47-22-14-21(15-22)31(45)46/h1,3-4,7-8,10-11,21-23H,2,5-6,9,12-19H2,(H,32,38)(H,33,39)(H,34,44)(H,35,40)(H,36,41)(H,45,46)/t21?,22?,23-/m0/s1. The van der Waals surface area contributed by atoms with Crippen molar-refractivity contribution in [3.05, 3.63) is 48.0 Å². The van der Waals surface area contributed by atoms with Crippen molar-refractivity contribution in [3.8, 4) is 0 Å². The van der Waals surface area contributed by atoms with Crippen molar-refractivity contribution in [2.24, 2.45) is 5.92 Å². The maximum atomic E-state index is 12.9. The van der Waals surface area contributed by atoms with E-state index in [1.807, 2.05) is 0 Å². The van der Waals surface area contributed by atoms with Gasteiger partial charge >= 0.3 is 5.97 Å². The first-order valence-electron chi connectivity index (χ1n) is 15.3. The van der Waals surface area contributed by atoms with Crippen molar-refractivity contribution in [1.82, 2.24) is 31.5 Å². The Morgan fingerprint density at radius 2 is 1.40 bits per heavy atom. The highest BCUT2D eigenvalue weighted by Gasteiger charge is 2.35. The second-order valence-electron chi connectivity index (χ2n) is 11.1. The molecule has 254 valence electrons. The molecule has 3 rings (SSSR count). The predicted octanol–water partition coefficient (Wildman–Crippen LogP) is -1.50.